The Morgan fingerprint density at radius 2 is 1.97 bits per heavy atom. The zero-order chi connectivity index (χ0) is 20.6. The number of nitrogens with one attached hydrogen (secondary N) is 1. The number of hydrogen-bond donors (Lipinski definition) is 1. The zero-order valence-corrected chi connectivity index (χ0v) is 18.2. The topological polar surface area (TPSA) is 38.5 Å². The molecule has 7 heteroatoms. The molecule has 4 nitrogen and oxygen atoms in total. The number of halogens is 2. The summed E-state index contributed by atoms with van der Waals surface area (Å²) >= 11 is 7.63. The lowest BCUT2D eigenvalue weighted by Crippen LogP contribution is -2.21. The Morgan fingerprint density at radius 1 is 1.17 bits per heavy atom. The summed E-state index contributed by atoms with van der Waals surface area (Å²) in [6.45, 7) is 4.91. The SMILES string of the molecule is CCCNCCCn1c(-c2ccc(F)cc2)cs/c1=N\c1ccc(Cl)cc1OC. The quantitative estimate of drug-likeness (QED) is 0.443. The molecule has 3 rings (SSSR count). The van der Waals surface area contributed by atoms with Gasteiger partial charge in [-0.15, -0.1) is 11.3 Å². The largest absolute Gasteiger partial charge is 0.494 e. The maximum Gasteiger partial charge on any atom is 0.190 e. The number of rotatable bonds is 9. The fourth-order valence-corrected chi connectivity index (χ4v) is 4.11. The summed E-state index contributed by atoms with van der Waals surface area (Å²) in [7, 11) is 1.61. The molecule has 0 bridgehead atoms. The first-order valence-electron chi connectivity index (χ1n) is 9.65. The van der Waals surface area contributed by atoms with Gasteiger partial charge in [0.25, 0.3) is 0 Å². The van der Waals surface area contributed by atoms with Crippen molar-refractivity contribution in [2.24, 2.45) is 4.99 Å². The van der Waals surface area contributed by atoms with Gasteiger partial charge in [-0.05, 0) is 67.9 Å². The van der Waals surface area contributed by atoms with Gasteiger partial charge in [0.15, 0.2) is 4.80 Å². The van der Waals surface area contributed by atoms with E-state index in [1.165, 1.54) is 12.1 Å². The minimum Gasteiger partial charge on any atom is -0.494 e. The van der Waals surface area contributed by atoms with Crippen LogP contribution in [-0.4, -0.2) is 24.8 Å². The molecule has 0 spiro atoms. The summed E-state index contributed by atoms with van der Waals surface area (Å²) in [6.07, 6.45) is 2.08. The second kappa shape index (κ2) is 10.6. The van der Waals surface area contributed by atoms with Crippen LogP contribution in [0, 0.1) is 5.82 Å². The van der Waals surface area contributed by atoms with Crippen LogP contribution in [0.5, 0.6) is 5.75 Å². The molecule has 2 aromatic carbocycles. The van der Waals surface area contributed by atoms with E-state index in [0.29, 0.717) is 10.8 Å². The van der Waals surface area contributed by atoms with Crippen molar-refractivity contribution < 1.29 is 9.13 Å². The third-order valence-corrected chi connectivity index (χ3v) is 5.56. The summed E-state index contributed by atoms with van der Waals surface area (Å²) in [5, 5.41) is 6.10. The van der Waals surface area contributed by atoms with Gasteiger partial charge >= 0.3 is 0 Å². The van der Waals surface area contributed by atoms with Crippen molar-refractivity contribution in [1.29, 1.82) is 0 Å². The first-order chi connectivity index (χ1) is 14.1. The first kappa shape index (κ1) is 21.6. The van der Waals surface area contributed by atoms with Gasteiger partial charge in [-0.2, -0.15) is 0 Å². The van der Waals surface area contributed by atoms with Crippen LogP contribution in [0.4, 0.5) is 10.1 Å². The van der Waals surface area contributed by atoms with Crippen molar-refractivity contribution in [2.75, 3.05) is 20.2 Å². The van der Waals surface area contributed by atoms with E-state index in [-0.39, 0.29) is 5.82 Å². The fourth-order valence-electron chi connectivity index (χ4n) is 3.00. The average Bonchev–Trinajstić information content (AvgIpc) is 3.12. The van der Waals surface area contributed by atoms with Gasteiger partial charge in [0.05, 0.1) is 12.8 Å². The normalized spacial score (nSPS) is 11.8. The Kier molecular flexibility index (Phi) is 7.86. The lowest BCUT2D eigenvalue weighted by Gasteiger charge is -2.10. The van der Waals surface area contributed by atoms with Gasteiger partial charge in [-0.3, -0.25) is 0 Å². The summed E-state index contributed by atoms with van der Waals surface area (Å²) in [5.74, 6) is 0.389. The molecule has 29 heavy (non-hydrogen) atoms. The lowest BCUT2D eigenvalue weighted by molar-refractivity contribution is 0.416. The van der Waals surface area contributed by atoms with Crippen molar-refractivity contribution in [3.63, 3.8) is 0 Å². The maximum absolute atomic E-state index is 13.4. The zero-order valence-electron chi connectivity index (χ0n) is 16.6. The number of methoxy groups -OCH3 is 1. The molecule has 0 saturated heterocycles. The van der Waals surface area contributed by atoms with E-state index < -0.39 is 0 Å². The third kappa shape index (κ3) is 5.69. The number of benzene rings is 2. The molecule has 0 aliphatic carbocycles. The highest BCUT2D eigenvalue weighted by atomic mass is 35.5. The van der Waals surface area contributed by atoms with Crippen molar-refractivity contribution in [3.8, 4) is 17.0 Å². The molecule has 1 N–H and O–H groups in total. The molecule has 0 aliphatic rings. The van der Waals surface area contributed by atoms with Crippen LogP contribution in [-0.2, 0) is 6.54 Å². The Morgan fingerprint density at radius 3 is 2.69 bits per heavy atom. The van der Waals surface area contributed by atoms with Gasteiger partial charge in [-0.25, -0.2) is 9.38 Å². The molecule has 0 atom stereocenters. The summed E-state index contributed by atoms with van der Waals surface area (Å²) in [5.41, 5.74) is 2.72. The van der Waals surface area contributed by atoms with E-state index in [1.807, 2.05) is 6.07 Å². The van der Waals surface area contributed by atoms with Crippen molar-refractivity contribution in [3.05, 3.63) is 63.5 Å². The Bertz CT molecular complexity index is 998. The molecule has 0 radical (unpaired) electrons. The summed E-state index contributed by atoms with van der Waals surface area (Å²) in [6, 6.07) is 12.0. The molecule has 0 fully saturated rings. The van der Waals surface area contributed by atoms with E-state index in [1.54, 1.807) is 42.7 Å². The maximum atomic E-state index is 13.4. The highest BCUT2D eigenvalue weighted by Crippen LogP contribution is 2.30. The van der Waals surface area contributed by atoms with E-state index in [0.717, 1.165) is 54.2 Å². The number of aromatic nitrogens is 1. The standard InChI is InChI=1S/C22H25ClFN3OS/c1-3-11-25-12-4-13-27-20(16-5-8-18(24)9-6-16)15-29-22(27)26-19-10-7-17(23)14-21(19)28-2/h5-10,14-15,25H,3-4,11-13H2,1-2H3/b26-22-. The molecule has 1 aromatic heterocycles. The first-order valence-corrected chi connectivity index (χ1v) is 10.9. The predicted molar refractivity (Wildman–Crippen MR) is 119 cm³/mol. The van der Waals surface area contributed by atoms with Gasteiger partial charge in [-0.1, -0.05) is 18.5 Å². The van der Waals surface area contributed by atoms with E-state index in [4.69, 9.17) is 21.3 Å². The van der Waals surface area contributed by atoms with Crippen molar-refractivity contribution >= 4 is 28.6 Å². The van der Waals surface area contributed by atoms with Crippen LogP contribution >= 0.6 is 22.9 Å². The Hall–Kier alpha value is -2.15. The van der Waals surface area contributed by atoms with Crippen LogP contribution in [0.3, 0.4) is 0 Å². The number of thiazole rings is 1. The predicted octanol–water partition coefficient (Wildman–Crippen LogP) is 5.64. The van der Waals surface area contributed by atoms with Crippen LogP contribution in [0.25, 0.3) is 11.3 Å². The van der Waals surface area contributed by atoms with Gasteiger partial charge in [0.2, 0.25) is 0 Å². The van der Waals surface area contributed by atoms with Crippen LogP contribution in [0.1, 0.15) is 19.8 Å². The highest BCUT2D eigenvalue weighted by Gasteiger charge is 2.10. The minimum atomic E-state index is -0.241. The van der Waals surface area contributed by atoms with E-state index in [2.05, 4.69) is 22.2 Å². The second-order valence-electron chi connectivity index (χ2n) is 6.59. The fraction of sp³-hybridized carbons (Fsp3) is 0.318. The number of nitrogens with zero attached hydrogens (tertiary/aromatic N) is 2. The molecule has 154 valence electrons. The molecule has 0 saturated carbocycles. The van der Waals surface area contributed by atoms with Crippen LogP contribution in [0.15, 0.2) is 52.8 Å². The van der Waals surface area contributed by atoms with Gasteiger partial charge in [0, 0.05) is 23.0 Å². The van der Waals surface area contributed by atoms with E-state index >= 15 is 0 Å². The summed E-state index contributed by atoms with van der Waals surface area (Å²) in [4.78, 5) is 5.70. The third-order valence-electron chi connectivity index (χ3n) is 4.46. The molecular formula is C22H25ClFN3OS. The highest BCUT2D eigenvalue weighted by molar-refractivity contribution is 7.07. The van der Waals surface area contributed by atoms with Crippen LogP contribution in [0.2, 0.25) is 5.02 Å². The molecule has 0 aliphatic heterocycles. The number of ether oxygens (including phenoxy) is 1. The molecule has 0 amide bonds. The molecule has 1 heterocycles. The lowest BCUT2D eigenvalue weighted by atomic mass is 10.1. The Labute approximate surface area is 179 Å². The second-order valence-corrected chi connectivity index (χ2v) is 7.87. The molecule has 3 aromatic rings. The summed E-state index contributed by atoms with van der Waals surface area (Å²) < 4.78 is 21.0. The van der Waals surface area contributed by atoms with Crippen molar-refractivity contribution in [2.45, 2.75) is 26.3 Å². The van der Waals surface area contributed by atoms with Gasteiger partial charge in [0.1, 0.15) is 17.3 Å². The smallest absolute Gasteiger partial charge is 0.190 e. The van der Waals surface area contributed by atoms with E-state index in [9.17, 15) is 4.39 Å². The average molecular weight is 434 g/mol. The molecular weight excluding hydrogens is 409 g/mol. The Balaban J connectivity index is 1.99. The molecule has 0 unspecified atom stereocenters. The number of hydrogen-bond acceptors (Lipinski definition) is 4. The van der Waals surface area contributed by atoms with Crippen molar-refractivity contribution in [1.82, 2.24) is 9.88 Å². The van der Waals surface area contributed by atoms with Gasteiger partial charge < -0.3 is 14.6 Å². The minimum absolute atomic E-state index is 0.241. The monoisotopic (exact) mass is 433 g/mol. The van der Waals surface area contributed by atoms with Crippen LogP contribution < -0.4 is 14.9 Å².